The van der Waals surface area contributed by atoms with E-state index in [4.69, 9.17) is 0 Å². The van der Waals surface area contributed by atoms with Crippen molar-refractivity contribution in [3.8, 4) is 0 Å². The Hall–Kier alpha value is -0.290. The van der Waals surface area contributed by atoms with Crippen LogP contribution >= 0.6 is 0 Å². The Morgan fingerprint density at radius 3 is 2.44 bits per heavy atom. The fourth-order valence-corrected chi connectivity index (χ4v) is 1.79. The predicted molar refractivity (Wildman–Crippen MR) is 56.2 cm³/mol. The summed E-state index contributed by atoms with van der Waals surface area (Å²) in [5, 5.41) is 9.32. The van der Waals surface area contributed by atoms with E-state index in [0.29, 0.717) is 25.8 Å². The molecule has 2 nitrogen and oxygen atoms in total. The zero-order valence-electron chi connectivity index (χ0n) is 9.63. The second kappa shape index (κ2) is 5.87. The molecule has 16 heavy (non-hydrogen) atoms. The van der Waals surface area contributed by atoms with Gasteiger partial charge in [-0.3, -0.25) is 4.90 Å². The van der Waals surface area contributed by atoms with Crippen LogP contribution in [0, 0.1) is 0 Å². The van der Waals surface area contributed by atoms with Gasteiger partial charge in [0.25, 0.3) is 0 Å². The van der Waals surface area contributed by atoms with Gasteiger partial charge in [-0.25, -0.2) is 0 Å². The summed E-state index contributed by atoms with van der Waals surface area (Å²) in [5.74, 6) is 0. The number of aliphatic hydroxyl groups excluding tert-OH is 1. The standard InChI is InChI=1S/C11H20F3NO/c1-2-10(16)4-3-7-15(9-5-6-9)8-11(12,13)14/h9-10,16H,2-8H2,1H3. The van der Waals surface area contributed by atoms with E-state index in [0.717, 1.165) is 12.8 Å². The van der Waals surface area contributed by atoms with Crippen molar-refractivity contribution in [1.82, 2.24) is 4.90 Å². The summed E-state index contributed by atoms with van der Waals surface area (Å²) >= 11 is 0. The lowest BCUT2D eigenvalue weighted by molar-refractivity contribution is -0.147. The fraction of sp³-hybridized carbons (Fsp3) is 1.00. The maximum Gasteiger partial charge on any atom is 0.401 e. The Kier molecular flexibility index (Phi) is 5.05. The van der Waals surface area contributed by atoms with Gasteiger partial charge in [0.15, 0.2) is 0 Å². The summed E-state index contributed by atoms with van der Waals surface area (Å²) in [6, 6.07) is 0.125. The summed E-state index contributed by atoms with van der Waals surface area (Å²) in [7, 11) is 0. The lowest BCUT2D eigenvalue weighted by Gasteiger charge is -2.23. The molecule has 0 aliphatic heterocycles. The van der Waals surface area contributed by atoms with Crippen LogP contribution in [-0.2, 0) is 0 Å². The van der Waals surface area contributed by atoms with Crippen molar-refractivity contribution in [3.05, 3.63) is 0 Å². The topological polar surface area (TPSA) is 23.5 Å². The Morgan fingerprint density at radius 1 is 1.38 bits per heavy atom. The molecule has 1 aliphatic rings. The van der Waals surface area contributed by atoms with E-state index in [9.17, 15) is 18.3 Å². The summed E-state index contributed by atoms with van der Waals surface area (Å²) < 4.78 is 36.8. The first-order valence-corrected chi connectivity index (χ1v) is 5.91. The molecule has 5 heteroatoms. The summed E-state index contributed by atoms with van der Waals surface area (Å²) in [6.45, 7) is 1.51. The van der Waals surface area contributed by atoms with Crippen molar-refractivity contribution in [2.24, 2.45) is 0 Å². The minimum absolute atomic E-state index is 0.125. The van der Waals surface area contributed by atoms with Crippen molar-refractivity contribution in [1.29, 1.82) is 0 Å². The van der Waals surface area contributed by atoms with Crippen LogP contribution in [-0.4, -0.2) is 41.4 Å². The molecule has 1 N–H and O–H groups in total. The number of alkyl halides is 3. The van der Waals surface area contributed by atoms with Gasteiger partial charge in [-0.15, -0.1) is 0 Å². The zero-order valence-corrected chi connectivity index (χ0v) is 9.63. The molecule has 1 aliphatic carbocycles. The van der Waals surface area contributed by atoms with Crippen molar-refractivity contribution < 1.29 is 18.3 Å². The third-order valence-corrected chi connectivity index (χ3v) is 2.90. The van der Waals surface area contributed by atoms with Gasteiger partial charge in [0.05, 0.1) is 12.6 Å². The van der Waals surface area contributed by atoms with Crippen LogP contribution in [0.3, 0.4) is 0 Å². The first kappa shape index (κ1) is 13.8. The molecular weight excluding hydrogens is 219 g/mol. The highest BCUT2D eigenvalue weighted by Crippen LogP contribution is 2.30. The van der Waals surface area contributed by atoms with Crippen LogP contribution in [0.4, 0.5) is 13.2 Å². The fourth-order valence-electron chi connectivity index (χ4n) is 1.79. The molecule has 1 saturated carbocycles. The number of rotatable bonds is 7. The third-order valence-electron chi connectivity index (χ3n) is 2.90. The van der Waals surface area contributed by atoms with Gasteiger partial charge < -0.3 is 5.11 Å². The first-order chi connectivity index (χ1) is 7.42. The van der Waals surface area contributed by atoms with Crippen molar-refractivity contribution in [2.45, 2.75) is 57.3 Å². The van der Waals surface area contributed by atoms with Crippen molar-refractivity contribution in [3.63, 3.8) is 0 Å². The van der Waals surface area contributed by atoms with E-state index in [-0.39, 0.29) is 12.1 Å². The molecule has 0 heterocycles. The number of nitrogens with zero attached hydrogens (tertiary/aromatic N) is 1. The predicted octanol–water partition coefficient (Wildman–Crippen LogP) is 2.56. The Labute approximate surface area is 94.4 Å². The molecule has 1 unspecified atom stereocenters. The van der Waals surface area contributed by atoms with Crippen LogP contribution < -0.4 is 0 Å². The maximum atomic E-state index is 12.3. The summed E-state index contributed by atoms with van der Waals surface area (Å²) in [4.78, 5) is 1.50. The van der Waals surface area contributed by atoms with E-state index >= 15 is 0 Å². The number of aliphatic hydroxyl groups is 1. The summed E-state index contributed by atoms with van der Waals surface area (Å²) in [6.07, 6.45) is -0.806. The van der Waals surface area contributed by atoms with Gasteiger partial charge in [0, 0.05) is 6.04 Å². The van der Waals surface area contributed by atoms with Gasteiger partial charge in [-0.1, -0.05) is 6.92 Å². The van der Waals surface area contributed by atoms with Gasteiger partial charge in [-0.2, -0.15) is 13.2 Å². The van der Waals surface area contributed by atoms with E-state index < -0.39 is 12.7 Å². The first-order valence-electron chi connectivity index (χ1n) is 5.91. The van der Waals surface area contributed by atoms with Gasteiger partial charge in [0.2, 0.25) is 0 Å². The highest BCUT2D eigenvalue weighted by atomic mass is 19.4. The molecule has 0 aromatic heterocycles. The van der Waals surface area contributed by atoms with Crippen LogP contribution in [0.25, 0.3) is 0 Å². The molecular formula is C11H20F3NO. The highest BCUT2D eigenvalue weighted by Gasteiger charge is 2.37. The minimum Gasteiger partial charge on any atom is -0.393 e. The van der Waals surface area contributed by atoms with Crippen LogP contribution in [0.1, 0.15) is 39.0 Å². The average molecular weight is 239 g/mol. The van der Waals surface area contributed by atoms with E-state index in [1.807, 2.05) is 6.92 Å². The maximum absolute atomic E-state index is 12.3. The van der Waals surface area contributed by atoms with Crippen molar-refractivity contribution in [2.75, 3.05) is 13.1 Å². The van der Waals surface area contributed by atoms with Crippen LogP contribution in [0.15, 0.2) is 0 Å². The molecule has 1 atom stereocenters. The molecule has 1 fully saturated rings. The quantitative estimate of drug-likeness (QED) is 0.738. The molecule has 1 rings (SSSR count). The van der Waals surface area contributed by atoms with E-state index in [2.05, 4.69) is 0 Å². The average Bonchev–Trinajstić information content (AvgIpc) is 2.97. The number of hydrogen-bond acceptors (Lipinski definition) is 2. The molecule has 0 aromatic rings. The van der Waals surface area contributed by atoms with Crippen LogP contribution in [0.2, 0.25) is 0 Å². The Bertz CT molecular complexity index is 204. The molecule has 96 valence electrons. The molecule has 0 saturated heterocycles. The second-order valence-electron chi connectivity index (χ2n) is 4.52. The number of halogens is 3. The molecule has 0 aromatic carbocycles. The van der Waals surface area contributed by atoms with E-state index in [1.54, 1.807) is 0 Å². The normalized spacial score (nSPS) is 19.1. The Morgan fingerprint density at radius 2 is 2.00 bits per heavy atom. The smallest absolute Gasteiger partial charge is 0.393 e. The van der Waals surface area contributed by atoms with Gasteiger partial charge in [-0.05, 0) is 38.6 Å². The van der Waals surface area contributed by atoms with Crippen LogP contribution in [0.5, 0.6) is 0 Å². The molecule has 0 radical (unpaired) electrons. The lowest BCUT2D eigenvalue weighted by atomic mass is 10.1. The summed E-state index contributed by atoms with van der Waals surface area (Å²) in [5.41, 5.74) is 0. The lowest BCUT2D eigenvalue weighted by Crippen LogP contribution is -2.36. The SMILES string of the molecule is CCC(O)CCCN(CC(F)(F)F)C1CC1. The monoisotopic (exact) mass is 239 g/mol. The second-order valence-corrected chi connectivity index (χ2v) is 4.52. The van der Waals surface area contributed by atoms with Gasteiger partial charge >= 0.3 is 6.18 Å². The van der Waals surface area contributed by atoms with Gasteiger partial charge in [0.1, 0.15) is 0 Å². The molecule has 0 spiro atoms. The molecule has 0 amide bonds. The Balaban J connectivity index is 2.23. The molecule has 0 bridgehead atoms. The largest absolute Gasteiger partial charge is 0.401 e. The minimum atomic E-state index is -4.11. The van der Waals surface area contributed by atoms with E-state index in [1.165, 1.54) is 4.90 Å². The highest BCUT2D eigenvalue weighted by molar-refractivity contribution is 4.85. The van der Waals surface area contributed by atoms with Crippen molar-refractivity contribution >= 4 is 0 Å². The third kappa shape index (κ3) is 5.70. The number of hydrogen-bond donors (Lipinski definition) is 1. The zero-order chi connectivity index (χ0) is 12.2.